The van der Waals surface area contributed by atoms with Crippen molar-refractivity contribution in [2.24, 2.45) is 4.99 Å². The standard InChI is InChI=1S/C24H21FN4O6/c1-26-22(32)16-19(30)17-18-20(13(9-27-17)8-12-2-4-14(25)5-3-12)35-15(10-29(18)23(16)33)21(31)28-11-24(34)6-7-24/h2-5,9-10,20,34H,6-8,11H2,1H3,(H2-,26,28,30,31,32,33)/p+1. The van der Waals surface area contributed by atoms with E-state index in [1.807, 2.05) is 0 Å². The van der Waals surface area contributed by atoms with Crippen molar-refractivity contribution >= 4 is 29.1 Å². The number of carbonyl (C=O) groups excluding carboxylic acids is 3. The van der Waals surface area contributed by atoms with Gasteiger partial charge in [-0.05, 0) is 37.0 Å². The second-order valence-electron chi connectivity index (χ2n) is 8.75. The second kappa shape index (κ2) is 8.27. The highest BCUT2D eigenvalue weighted by atomic mass is 19.1. The van der Waals surface area contributed by atoms with Gasteiger partial charge in [-0.15, -0.1) is 4.58 Å². The third kappa shape index (κ3) is 4.03. The predicted molar refractivity (Wildman–Crippen MR) is 120 cm³/mol. The number of likely N-dealkylation sites (N-methyl/N-ethyl adjacent to an activating group) is 1. The lowest BCUT2D eigenvalue weighted by Crippen LogP contribution is -2.52. The van der Waals surface area contributed by atoms with E-state index in [9.17, 15) is 29.0 Å². The van der Waals surface area contributed by atoms with Crippen LogP contribution in [0.15, 0.2) is 64.3 Å². The Labute approximate surface area is 198 Å². The molecule has 1 fully saturated rings. The quantitative estimate of drug-likeness (QED) is 0.337. The van der Waals surface area contributed by atoms with Gasteiger partial charge in [-0.2, -0.15) is 0 Å². The lowest BCUT2D eigenvalue weighted by Gasteiger charge is -2.29. The van der Waals surface area contributed by atoms with E-state index in [1.54, 1.807) is 12.1 Å². The van der Waals surface area contributed by atoms with E-state index in [0.717, 1.165) is 16.3 Å². The topological polar surface area (TPSA) is 140 Å². The number of hydrogen-bond acceptors (Lipinski definition) is 7. The average molecular weight is 481 g/mol. The maximum absolute atomic E-state index is 13.4. The van der Waals surface area contributed by atoms with Crippen LogP contribution in [0.5, 0.6) is 0 Å². The number of aliphatic imine (C=N–C) groups is 1. The zero-order valence-corrected chi connectivity index (χ0v) is 18.7. The van der Waals surface area contributed by atoms with Crippen molar-refractivity contribution < 1.29 is 38.3 Å². The number of benzene rings is 1. The molecule has 10 nitrogen and oxygen atoms in total. The van der Waals surface area contributed by atoms with Crippen LogP contribution in [0.4, 0.5) is 4.39 Å². The van der Waals surface area contributed by atoms with E-state index in [1.165, 1.54) is 25.4 Å². The van der Waals surface area contributed by atoms with Crippen LogP contribution in [0.1, 0.15) is 18.4 Å². The van der Waals surface area contributed by atoms with Crippen molar-refractivity contribution in [3.63, 3.8) is 0 Å². The van der Waals surface area contributed by atoms with Gasteiger partial charge in [-0.3, -0.25) is 9.59 Å². The lowest BCUT2D eigenvalue weighted by molar-refractivity contribution is -0.385. The first-order chi connectivity index (χ1) is 16.7. The molecule has 4 N–H and O–H groups in total. The lowest BCUT2D eigenvalue weighted by atomic mass is 9.89. The summed E-state index contributed by atoms with van der Waals surface area (Å²) in [6.45, 7) is 0.0247. The zero-order chi connectivity index (χ0) is 24.9. The summed E-state index contributed by atoms with van der Waals surface area (Å²) in [6.07, 6.45) is 3.00. The van der Waals surface area contributed by atoms with Gasteiger partial charge >= 0.3 is 5.91 Å². The fraction of sp³-hybridized carbons (Fsp3) is 0.292. The highest BCUT2D eigenvalue weighted by Crippen LogP contribution is 2.34. The first-order valence-corrected chi connectivity index (χ1v) is 11.0. The van der Waals surface area contributed by atoms with Crippen molar-refractivity contribution in [3.05, 3.63) is 70.7 Å². The van der Waals surface area contributed by atoms with E-state index < -0.39 is 46.6 Å². The minimum atomic E-state index is -0.986. The molecule has 1 aromatic rings. The summed E-state index contributed by atoms with van der Waals surface area (Å²) in [7, 11) is 1.32. The van der Waals surface area contributed by atoms with Gasteiger partial charge in [0.1, 0.15) is 5.82 Å². The normalized spacial score (nSPS) is 21.9. The molecule has 3 heterocycles. The summed E-state index contributed by atoms with van der Waals surface area (Å²) < 4.78 is 20.4. The van der Waals surface area contributed by atoms with Crippen molar-refractivity contribution in [3.8, 4) is 0 Å². The van der Waals surface area contributed by atoms with E-state index in [-0.39, 0.29) is 30.1 Å². The Kier molecular flexibility index (Phi) is 5.36. The van der Waals surface area contributed by atoms with Gasteiger partial charge in [0.2, 0.25) is 12.3 Å². The maximum Gasteiger partial charge on any atom is 0.434 e. The maximum atomic E-state index is 13.4. The number of halogens is 1. The minimum Gasteiger partial charge on any atom is -0.504 e. The molecule has 1 atom stereocenters. The van der Waals surface area contributed by atoms with Gasteiger partial charge in [-0.1, -0.05) is 12.1 Å². The second-order valence-corrected chi connectivity index (χ2v) is 8.75. The number of carbonyl (C=O) groups is 3. The van der Waals surface area contributed by atoms with Crippen LogP contribution in [-0.2, 0) is 25.5 Å². The Morgan fingerprint density at radius 1 is 1.26 bits per heavy atom. The molecule has 0 bridgehead atoms. The van der Waals surface area contributed by atoms with Crippen LogP contribution in [0.3, 0.4) is 0 Å². The van der Waals surface area contributed by atoms with Gasteiger partial charge in [0.05, 0.1) is 5.60 Å². The average Bonchev–Trinajstić information content (AvgIpc) is 3.59. The third-order valence-electron chi connectivity index (χ3n) is 6.24. The van der Waals surface area contributed by atoms with Gasteiger partial charge in [-0.25, -0.2) is 14.2 Å². The molecule has 1 aliphatic carbocycles. The smallest absolute Gasteiger partial charge is 0.434 e. The minimum absolute atomic E-state index is 0.0247. The molecule has 3 aliphatic heterocycles. The molecule has 3 amide bonds. The van der Waals surface area contributed by atoms with Gasteiger partial charge < -0.3 is 25.6 Å². The molecular formula is C24H22FN4O6+. The number of ether oxygens (including phenoxy) is 1. The van der Waals surface area contributed by atoms with Crippen LogP contribution in [0, 0.1) is 5.82 Å². The Bertz CT molecular complexity index is 1320. The first kappa shape index (κ1) is 22.7. The number of nitrogens with zero attached hydrogens (tertiary/aromatic N) is 2. The van der Waals surface area contributed by atoms with Crippen molar-refractivity contribution in [1.82, 2.24) is 10.6 Å². The molecule has 1 aromatic carbocycles. The van der Waals surface area contributed by atoms with E-state index in [0.29, 0.717) is 18.4 Å². The van der Waals surface area contributed by atoms with Crippen LogP contribution >= 0.6 is 0 Å². The highest BCUT2D eigenvalue weighted by molar-refractivity contribution is 6.52. The van der Waals surface area contributed by atoms with Crippen LogP contribution in [-0.4, -0.2) is 69.2 Å². The van der Waals surface area contributed by atoms with Crippen LogP contribution in [0.25, 0.3) is 0 Å². The monoisotopic (exact) mass is 481 g/mol. The fourth-order valence-corrected chi connectivity index (χ4v) is 4.06. The van der Waals surface area contributed by atoms with Crippen LogP contribution < -0.4 is 10.6 Å². The van der Waals surface area contributed by atoms with E-state index in [2.05, 4.69) is 15.6 Å². The number of aliphatic hydroxyl groups is 2. The Balaban J connectivity index is 1.56. The molecule has 11 heteroatoms. The number of rotatable bonds is 6. The third-order valence-corrected chi connectivity index (χ3v) is 6.24. The molecule has 5 rings (SSSR count). The summed E-state index contributed by atoms with van der Waals surface area (Å²) >= 11 is 0. The van der Waals surface area contributed by atoms with Gasteiger partial charge in [0.25, 0.3) is 23.3 Å². The molecule has 4 aliphatic rings. The van der Waals surface area contributed by atoms with E-state index >= 15 is 0 Å². The van der Waals surface area contributed by atoms with Gasteiger partial charge in [0, 0.05) is 25.4 Å². The van der Waals surface area contributed by atoms with Crippen molar-refractivity contribution in [1.29, 1.82) is 0 Å². The Hall–Kier alpha value is -4.12. The molecule has 1 unspecified atom stereocenters. The molecular weight excluding hydrogens is 459 g/mol. The zero-order valence-electron chi connectivity index (χ0n) is 18.7. The molecule has 0 saturated heterocycles. The number of nitrogens with one attached hydrogen (secondary N) is 2. The fourth-order valence-electron chi connectivity index (χ4n) is 4.06. The summed E-state index contributed by atoms with van der Waals surface area (Å²) in [5.41, 5.74) is -0.0480. The summed E-state index contributed by atoms with van der Waals surface area (Å²) in [4.78, 5) is 42.7. The summed E-state index contributed by atoms with van der Waals surface area (Å²) in [5, 5.41) is 25.7. The number of aliphatic hydroxyl groups excluding tert-OH is 1. The highest BCUT2D eigenvalue weighted by Gasteiger charge is 2.52. The summed E-state index contributed by atoms with van der Waals surface area (Å²) in [6, 6.07) is 5.80. The molecule has 0 spiro atoms. The van der Waals surface area contributed by atoms with Crippen molar-refractivity contribution in [2.45, 2.75) is 31.0 Å². The first-order valence-electron chi connectivity index (χ1n) is 11.0. The Morgan fingerprint density at radius 2 is 1.97 bits per heavy atom. The van der Waals surface area contributed by atoms with Crippen LogP contribution in [0.2, 0.25) is 0 Å². The number of allylic oxidation sites excluding steroid dienone is 1. The predicted octanol–water partition coefficient (Wildman–Crippen LogP) is 0.140. The molecule has 35 heavy (non-hydrogen) atoms. The molecule has 0 radical (unpaired) electrons. The largest absolute Gasteiger partial charge is 0.504 e. The van der Waals surface area contributed by atoms with Crippen molar-refractivity contribution in [2.75, 3.05) is 13.6 Å². The molecule has 1 saturated carbocycles. The molecule has 180 valence electrons. The van der Waals surface area contributed by atoms with Gasteiger partial charge in [0.15, 0.2) is 17.0 Å². The Morgan fingerprint density at radius 3 is 2.63 bits per heavy atom. The SMILES string of the molecule is CNC(=O)C1=C(O)C2=NC=C(Cc3ccc(F)cc3)C3OC(C(=O)NCC4(O)CC4)=C[N+](=C23)C1=O. The van der Waals surface area contributed by atoms with E-state index in [4.69, 9.17) is 4.74 Å². The summed E-state index contributed by atoms with van der Waals surface area (Å²) in [5.74, 6) is -3.51. The molecule has 0 aromatic heterocycles. The number of hydrogen-bond donors (Lipinski definition) is 4. The number of amides is 3.